The van der Waals surface area contributed by atoms with Crippen LogP contribution in [0.5, 0.6) is 5.75 Å². The summed E-state index contributed by atoms with van der Waals surface area (Å²) in [6.45, 7) is 8.96. The van der Waals surface area contributed by atoms with Crippen molar-refractivity contribution in [1.29, 1.82) is 0 Å². The average Bonchev–Trinajstić information content (AvgIpc) is 2.48. The zero-order valence-corrected chi connectivity index (χ0v) is 15.1. The number of anilines is 1. The summed E-state index contributed by atoms with van der Waals surface area (Å²) in [5, 5.41) is 3.71. The van der Waals surface area contributed by atoms with E-state index in [0.717, 1.165) is 23.3 Å². The molecule has 0 aromatic heterocycles. The highest BCUT2D eigenvalue weighted by Gasteiger charge is 2.30. The normalized spacial score (nSPS) is 22.7. The molecule has 1 aliphatic rings. The molecular weight excluding hydrogens is 328 g/mol. The number of piperazine rings is 1. The number of ether oxygens (including phenoxy) is 1. The van der Waals surface area contributed by atoms with E-state index in [2.05, 4.69) is 59.1 Å². The second kappa shape index (κ2) is 7.50. The summed E-state index contributed by atoms with van der Waals surface area (Å²) in [4.78, 5) is 2.55. The first kappa shape index (κ1) is 16.6. The number of nitrogens with zero attached hydrogens (tertiary/aromatic N) is 1. The topological polar surface area (TPSA) is 24.5 Å². The van der Waals surface area contributed by atoms with Crippen LogP contribution in [-0.4, -0.2) is 32.3 Å². The van der Waals surface area contributed by atoms with Gasteiger partial charge < -0.3 is 15.0 Å². The first-order valence-electron chi connectivity index (χ1n) is 7.90. The lowest BCUT2D eigenvalue weighted by Crippen LogP contribution is -2.58. The van der Waals surface area contributed by atoms with Gasteiger partial charge in [0.1, 0.15) is 5.75 Å². The number of hydrogen-bond acceptors (Lipinski definition) is 3. The first-order chi connectivity index (χ1) is 10.1. The fourth-order valence-electron chi connectivity index (χ4n) is 3.09. The molecule has 0 spiro atoms. The van der Waals surface area contributed by atoms with Crippen molar-refractivity contribution in [3.8, 4) is 5.75 Å². The lowest BCUT2D eigenvalue weighted by Gasteiger charge is -2.44. The van der Waals surface area contributed by atoms with Gasteiger partial charge >= 0.3 is 0 Å². The van der Waals surface area contributed by atoms with E-state index >= 15 is 0 Å². The summed E-state index contributed by atoms with van der Waals surface area (Å²) in [7, 11) is 1.73. The first-order valence-corrected chi connectivity index (χ1v) is 8.69. The summed E-state index contributed by atoms with van der Waals surface area (Å²) < 4.78 is 6.55. The maximum atomic E-state index is 5.41. The van der Waals surface area contributed by atoms with E-state index in [9.17, 15) is 0 Å². The molecule has 1 aliphatic heterocycles. The SMILES string of the molecule is CCCC1CN(c2cc(OC)ccc2Br)C(C(C)C)CN1. The van der Waals surface area contributed by atoms with Crippen molar-refractivity contribution >= 4 is 21.6 Å². The van der Waals surface area contributed by atoms with Crippen LogP contribution in [0.4, 0.5) is 5.69 Å². The van der Waals surface area contributed by atoms with E-state index in [0.29, 0.717) is 18.0 Å². The smallest absolute Gasteiger partial charge is 0.121 e. The summed E-state index contributed by atoms with van der Waals surface area (Å²) >= 11 is 3.71. The fraction of sp³-hybridized carbons (Fsp3) is 0.647. The van der Waals surface area contributed by atoms with Crippen molar-refractivity contribution in [2.45, 2.75) is 45.7 Å². The Labute approximate surface area is 137 Å². The molecular formula is C17H27BrN2O. The maximum Gasteiger partial charge on any atom is 0.121 e. The number of rotatable bonds is 5. The van der Waals surface area contributed by atoms with Gasteiger partial charge in [-0.15, -0.1) is 0 Å². The van der Waals surface area contributed by atoms with Gasteiger partial charge in [-0.1, -0.05) is 27.2 Å². The molecule has 1 N–H and O–H groups in total. The van der Waals surface area contributed by atoms with Gasteiger partial charge in [0.2, 0.25) is 0 Å². The minimum Gasteiger partial charge on any atom is -0.497 e. The van der Waals surface area contributed by atoms with E-state index in [1.165, 1.54) is 18.5 Å². The fourth-order valence-corrected chi connectivity index (χ4v) is 3.56. The van der Waals surface area contributed by atoms with Gasteiger partial charge in [0.25, 0.3) is 0 Å². The highest BCUT2D eigenvalue weighted by Crippen LogP contribution is 2.34. The molecule has 0 saturated carbocycles. The Morgan fingerprint density at radius 3 is 2.81 bits per heavy atom. The number of hydrogen-bond donors (Lipinski definition) is 1. The molecule has 2 rings (SSSR count). The zero-order valence-electron chi connectivity index (χ0n) is 13.5. The second-order valence-electron chi connectivity index (χ2n) is 6.17. The minimum atomic E-state index is 0.515. The predicted molar refractivity (Wildman–Crippen MR) is 93.4 cm³/mol. The van der Waals surface area contributed by atoms with Crippen LogP contribution in [0, 0.1) is 5.92 Å². The Hall–Kier alpha value is -0.740. The number of halogens is 1. The van der Waals surface area contributed by atoms with Crippen LogP contribution in [0.2, 0.25) is 0 Å². The highest BCUT2D eigenvalue weighted by atomic mass is 79.9. The van der Waals surface area contributed by atoms with Crippen LogP contribution in [0.25, 0.3) is 0 Å². The lowest BCUT2D eigenvalue weighted by atomic mass is 9.96. The molecule has 1 saturated heterocycles. The van der Waals surface area contributed by atoms with Gasteiger partial charge in [0, 0.05) is 35.7 Å². The van der Waals surface area contributed by atoms with Crippen LogP contribution in [0.1, 0.15) is 33.6 Å². The van der Waals surface area contributed by atoms with Gasteiger partial charge in [-0.3, -0.25) is 0 Å². The van der Waals surface area contributed by atoms with Crippen molar-refractivity contribution in [1.82, 2.24) is 5.32 Å². The largest absolute Gasteiger partial charge is 0.497 e. The van der Waals surface area contributed by atoms with Crippen LogP contribution < -0.4 is 15.0 Å². The van der Waals surface area contributed by atoms with Gasteiger partial charge in [-0.25, -0.2) is 0 Å². The molecule has 2 unspecified atom stereocenters. The van der Waals surface area contributed by atoms with Crippen LogP contribution >= 0.6 is 15.9 Å². The average molecular weight is 355 g/mol. The summed E-state index contributed by atoms with van der Waals surface area (Å²) in [5.41, 5.74) is 1.25. The Bertz CT molecular complexity index is 464. The number of benzene rings is 1. The Morgan fingerprint density at radius 2 is 2.19 bits per heavy atom. The Balaban J connectivity index is 2.30. The molecule has 118 valence electrons. The lowest BCUT2D eigenvalue weighted by molar-refractivity contribution is 0.326. The molecule has 3 nitrogen and oxygen atoms in total. The molecule has 1 heterocycles. The maximum absolute atomic E-state index is 5.41. The molecule has 1 aromatic rings. The quantitative estimate of drug-likeness (QED) is 0.862. The van der Waals surface area contributed by atoms with E-state index in [1.54, 1.807) is 7.11 Å². The molecule has 0 amide bonds. The van der Waals surface area contributed by atoms with Crippen molar-refractivity contribution in [3.05, 3.63) is 22.7 Å². The molecule has 0 aliphatic carbocycles. The predicted octanol–water partition coefficient (Wildman–Crippen LogP) is 4.06. The van der Waals surface area contributed by atoms with Gasteiger partial charge in [-0.05, 0) is 40.4 Å². The molecule has 21 heavy (non-hydrogen) atoms. The van der Waals surface area contributed by atoms with Crippen molar-refractivity contribution in [2.24, 2.45) is 5.92 Å². The molecule has 1 aromatic carbocycles. The van der Waals surface area contributed by atoms with E-state index in [4.69, 9.17) is 4.74 Å². The number of methoxy groups -OCH3 is 1. The summed E-state index contributed by atoms with van der Waals surface area (Å²) in [6.07, 6.45) is 2.44. The third-order valence-electron chi connectivity index (χ3n) is 4.30. The summed E-state index contributed by atoms with van der Waals surface area (Å²) in [6, 6.07) is 7.32. The van der Waals surface area contributed by atoms with Crippen LogP contribution in [0.3, 0.4) is 0 Å². The van der Waals surface area contributed by atoms with Gasteiger partial charge in [0.15, 0.2) is 0 Å². The van der Waals surface area contributed by atoms with Crippen molar-refractivity contribution in [2.75, 3.05) is 25.1 Å². The third kappa shape index (κ3) is 3.92. The van der Waals surface area contributed by atoms with Crippen molar-refractivity contribution < 1.29 is 4.74 Å². The summed E-state index contributed by atoms with van der Waals surface area (Å²) in [5.74, 6) is 1.53. The molecule has 0 bridgehead atoms. The monoisotopic (exact) mass is 354 g/mol. The Kier molecular flexibility index (Phi) is 5.94. The van der Waals surface area contributed by atoms with Gasteiger partial charge in [0.05, 0.1) is 12.8 Å². The molecule has 4 heteroatoms. The third-order valence-corrected chi connectivity index (χ3v) is 4.97. The van der Waals surface area contributed by atoms with E-state index < -0.39 is 0 Å². The molecule has 2 atom stereocenters. The number of nitrogens with one attached hydrogen (secondary N) is 1. The van der Waals surface area contributed by atoms with Crippen LogP contribution in [-0.2, 0) is 0 Å². The minimum absolute atomic E-state index is 0.515. The van der Waals surface area contributed by atoms with Gasteiger partial charge in [-0.2, -0.15) is 0 Å². The van der Waals surface area contributed by atoms with E-state index in [1.807, 2.05) is 6.07 Å². The van der Waals surface area contributed by atoms with Crippen LogP contribution in [0.15, 0.2) is 22.7 Å². The Morgan fingerprint density at radius 1 is 1.43 bits per heavy atom. The second-order valence-corrected chi connectivity index (χ2v) is 7.03. The standard InChI is InChI=1S/C17H27BrN2O/c1-5-6-13-11-20(17(10-19-13)12(2)3)16-9-14(21-4)7-8-15(16)18/h7-9,12-13,17,19H,5-6,10-11H2,1-4H3. The molecule has 0 radical (unpaired) electrons. The van der Waals surface area contributed by atoms with Crippen molar-refractivity contribution in [3.63, 3.8) is 0 Å². The van der Waals surface area contributed by atoms with E-state index in [-0.39, 0.29) is 0 Å². The molecule has 1 fully saturated rings. The highest BCUT2D eigenvalue weighted by molar-refractivity contribution is 9.10. The zero-order chi connectivity index (χ0) is 15.4.